The number of rotatable bonds is 3. The van der Waals surface area contributed by atoms with E-state index >= 15 is 0 Å². The third kappa shape index (κ3) is 2.47. The summed E-state index contributed by atoms with van der Waals surface area (Å²) in [5.41, 5.74) is 0. The lowest BCUT2D eigenvalue weighted by Crippen LogP contribution is -2.36. The normalized spacial score (nSPS) is 16.3. The minimum absolute atomic E-state index is 0.242. The third-order valence-electron chi connectivity index (χ3n) is 3.52. The molecular formula is C13H15N5O2. The predicted octanol–water partition coefficient (Wildman–Crippen LogP) is 0.963. The fourth-order valence-electron chi connectivity index (χ4n) is 2.37. The van der Waals surface area contributed by atoms with Gasteiger partial charge in [-0.1, -0.05) is 0 Å². The molecule has 1 aliphatic heterocycles. The molecule has 0 amide bonds. The molecule has 0 aromatic carbocycles. The van der Waals surface area contributed by atoms with E-state index in [0.717, 1.165) is 5.82 Å². The van der Waals surface area contributed by atoms with Gasteiger partial charge in [0.25, 0.3) is 0 Å². The Kier molecular flexibility index (Phi) is 3.32. The van der Waals surface area contributed by atoms with Crippen molar-refractivity contribution in [1.29, 1.82) is 0 Å². The number of nitrogens with zero attached hydrogens (tertiary/aromatic N) is 5. The molecule has 2 aromatic rings. The Morgan fingerprint density at radius 2 is 2.00 bits per heavy atom. The molecule has 1 aliphatic rings. The Morgan fingerprint density at radius 3 is 2.65 bits per heavy atom. The first-order valence-electron chi connectivity index (χ1n) is 6.54. The smallest absolute Gasteiger partial charge is 0.306 e. The Balaban J connectivity index is 1.75. The number of carbonyl (C=O) groups is 1. The number of hydrogen-bond donors (Lipinski definition) is 1. The van der Waals surface area contributed by atoms with Crippen LogP contribution in [0.2, 0.25) is 0 Å². The van der Waals surface area contributed by atoms with Crippen LogP contribution >= 0.6 is 0 Å². The van der Waals surface area contributed by atoms with Crippen LogP contribution < -0.4 is 4.90 Å². The standard InChI is InChI=1S/C13H15N5O2/c19-13(20)10-2-6-17(7-3-10)11-8-14-9-12(16-11)18-5-1-4-15-18/h1,4-5,8-10H,2-3,6-7H2,(H,19,20). The fourth-order valence-corrected chi connectivity index (χ4v) is 2.37. The van der Waals surface area contributed by atoms with Gasteiger partial charge in [-0.25, -0.2) is 9.67 Å². The van der Waals surface area contributed by atoms with E-state index in [1.54, 1.807) is 23.3 Å². The number of aromatic nitrogens is 4. The second-order valence-electron chi connectivity index (χ2n) is 4.79. The minimum atomic E-state index is -0.707. The van der Waals surface area contributed by atoms with E-state index in [1.165, 1.54) is 0 Å². The van der Waals surface area contributed by atoms with Crippen LogP contribution in [0.5, 0.6) is 0 Å². The average Bonchev–Trinajstić information content (AvgIpc) is 3.02. The molecule has 7 nitrogen and oxygen atoms in total. The minimum Gasteiger partial charge on any atom is -0.481 e. The van der Waals surface area contributed by atoms with E-state index in [4.69, 9.17) is 5.11 Å². The summed E-state index contributed by atoms with van der Waals surface area (Å²) in [6.45, 7) is 1.38. The topological polar surface area (TPSA) is 84.1 Å². The van der Waals surface area contributed by atoms with Gasteiger partial charge in [0.2, 0.25) is 0 Å². The van der Waals surface area contributed by atoms with Crippen molar-refractivity contribution >= 4 is 11.8 Å². The third-order valence-corrected chi connectivity index (χ3v) is 3.52. The quantitative estimate of drug-likeness (QED) is 0.896. The van der Waals surface area contributed by atoms with Crippen LogP contribution in [0.25, 0.3) is 5.82 Å². The highest BCUT2D eigenvalue weighted by molar-refractivity contribution is 5.70. The molecule has 20 heavy (non-hydrogen) atoms. The first-order valence-corrected chi connectivity index (χ1v) is 6.54. The molecule has 104 valence electrons. The molecule has 0 atom stereocenters. The first kappa shape index (κ1) is 12.6. The van der Waals surface area contributed by atoms with Crippen LogP contribution in [0.15, 0.2) is 30.9 Å². The highest BCUT2D eigenvalue weighted by atomic mass is 16.4. The molecule has 0 spiro atoms. The van der Waals surface area contributed by atoms with Gasteiger partial charge in [-0.05, 0) is 18.9 Å². The Morgan fingerprint density at radius 1 is 1.25 bits per heavy atom. The second kappa shape index (κ2) is 5.28. The summed E-state index contributed by atoms with van der Waals surface area (Å²) in [7, 11) is 0. The van der Waals surface area contributed by atoms with E-state index in [-0.39, 0.29) is 5.92 Å². The van der Waals surface area contributed by atoms with Crippen molar-refractivity contribution in [3.05, 3.63) is 30.9 Å². The van der Waals surface area contributed by atoms with Gasteiger partial charge in [0.1, 0.15) is 5.82 Å². The Labute approximate surface area is 115 Å². The Bertz CT molecular complexity index is 591. The summed E-state index contributed by atoms with van der Waals surface area (Å²) in [6.07, 6.45) is 8.14. The molecule has 1 fully saturated rings. The molecule has 0 aliphatic carbocycles. The molecule has 1 N–H and O–H groups in total. The Hall–Kier alpha value is -2.44. The van der Waals surface area contributed by atoms with Gasteiger partial charge in [0.15, 0.2) is 5.82 Å². The zero-order chi connectivity index (χ0) is 13.9. The van der Waals surface area contributed by atoms with Gasteiger partial charge in [0, 0.05) is 25.5 Å². The summed E-state index contributed by atoms with van der Waals surface area (Å²) < 4.78 is 1.65. The van der Waals surface area contributed by atoms with Crippen molar-refractivity contribution in [2.24, 2.45) is 5.92 Å². The maximum atomic E-state index is 10.9. The molecule has 3 rings (SSSR count). The van der Waals surface area contributed by atoms with E-state index in [1.807, 2.05) is 12.3 Å². The van der Waals surface area contributed by atoms with Crippen LogP contribution in [-0.2, 0) is 4.79 Å². The highest BCUT2D eigenvalue weighted by Gasteiger charge is 2.25. The van der Waals surface area contributed by atoms with Crippen LogP contribution in [0.1, 0.15) is 12.8 Å². The lowest BCUT2D eigenvalue weighted by Gasteiger charge is -2.30. The summed E-state index contributed by atoms with van der Waals surface area (Å²) in [5, 5.41) is 13.1. The van der Waals surface area contributed by atoms with Gasteiger partial charge in [-0.2, -0.15) is 5.10 Å². The number of piperidine rings is 1. The van der Waals surface area contributed by atoms with Crippen molar-refractivity contribution in [3.63, 3.8) is 0 Å². The number of aliphatic carboxylic acids is 1. The maximum Gasteiger partial charge on any atom is 0.306 e. The lowest BCUT2D eigenvalue weighted by molar-refractivity contribution is -0.142. The zero-order valence-electron chi connectivity index (χ0n) is 10.9. The van der Waals surface area contributed by atoms with E-state index in [0.29, 0.717) is 31.7 Å². The molecule has 1 saturated heterocycles. The van der Waals surface area contributed by atoms with Gasteiger partial charge in [-0.3, -0.25) is 9.78 Å². The van der Waals surface area contributed by atoms with Crippen molar-refractivity contribution in [2.75, 3.05) is 18.0 Å². The number of carboxylic acids is 1. The summed E-state index contributed by atoms with van der Waals surface area (Å²) in [6, 6.07) is 1.83. The zero-order valence-corrected chi connectivity index (χ0v) is 10.9. The molecule has 0 saturated carbocycles. The first-order chi connectivity index (χ1) is 9.74. The molecular weight excluding hydrogens is 258 g/mol. The van der Waals surface area contributed by atoms with Gasteiger partial charge in [-0.15, -0.1) is 0 Å². The average molecular weight is 273 g/mol. The number of carboxylic acid groups (broad SMARTS) is 1. The number of hydrogen-bond acceptors (Lipinski definition) is 5. The lowest BCUT2D eigenvalue weighted by atomic mass is 9.97. The molecule has 2 aromatic heterocycles. The fraction of sp³-hybridized carbons (Fsp3) is 0.385. The van der Waals surface area contributed by atoms with E-state index in [2.05, 4.69) is 20.0 Å². The highest BCUT2D eigenvalue weighted by Crippen LogP contribution is 2.22. The monoisotopic (exact) mass is 273 g/mol. The van der Waals surface area contributed by atoms with Gasteiger partial charge >= 0.3 is 5.97 Å². The van der Waals surface area contributed by atoms with Crippen LogP contribution in [0.4, 0.5) is 5.82 Å². The second-order valence-corrected chi connectivity index (χ2v) is 4.79. The van der Waals surface area contributed by atoms with Crippen molar-refractivity contribution in [2.45, 2.75) is 12.8 Å². The largest absolute Gasteiger partial charge is 0.481 e. The molecule has 3 heterocycles. The molecule has 7 heteroatoms. The molecule has 0 radical (unpaired) electrons. The predicted molar refractivity (Wildman–Crippen MR) is 71.7 cm³/mol. The van der Waals surface area contributed by atoms with Gasteiger partial charge < -0.3 is 10.0 Å². The van der Waals surface area contributed by atoms with Gasteiger partial charge in [0.05, 0.1) is 18.3 Å². The SMILES string of the molecule is O=C(O)C1CCN(c2cncc(-n3cccn3)n2)CC1. The molecule has 0 unspecified atom stereocenters. The summed E-state index contributed by atoms with van der Waals surface area (Å²) in [5.74, 6) is 0.476. The molecule has 0 bridgehead atoms. The van der Waals surface area contributed by atoms with Crippen molar-refractivity contribution in [3.8, 4) is 5.82 Å². The summed E-state index contributed by atoms with van der Waals surface area (Å²) in [4.78, 5) is 21.7. The van der Waals surface area contributed by atoms with Crippen LogP contribution in [0.3, 0.4) is 0 Å². The van der Waals surface area contributed by atoms with E-state index < -0.39 is 5.97 Å². The van der Waals surface area contributed by atoms with Crippen LogP contribution in [-0.4, -0.2) is 43.9 Å². The van der Waals surface area contributed by atoms with Crippen LogP contribution in [0, 0.1) is 5.92 Å². The van der Waals surface area contributed by atoms with Crippen molar-refractivity contribution in [1.82, 2.24) is 19.7 Å². The maximum absolute atomic E-state index is 10.9. The summed E-state index contributed by atoms with van der Waals surface area (Å²) >= 11 is 0. The van der Waals surface area contributed by atoms with E-state index in [9.17, 15) is 4.79 Å². The van der Waals surface area contributed by atoms with Crippen molar-refractivity contribution < 1.29 is 9.90 Å². The number of anilines is 1.